The molecule has 1 aliphatic heterocycles. The summed E-state index contributed by atoms with van der Waals surface area (Å²) in [5, 5.41) is 16.2. The number of carboxylic acid groups (broad SMARTS) is 1. The fourth-order valence-corrected chi connectivity index (χ4v) is 5.70. The molecule has 0 saturated carbocycles. The summed E-state index contributed by atoms with van der Waals surface area (Å²) in [6.45, 7) is 7.38. The second-order valence-electron chi connectivity index (χ2n) is 10.9. The summed E-state index contributed by atoms with van der Waals surface area (Å²) in [5.74, 6) is -2.16. The lowest BCUT2D eigenvalue weighted by Crippen LogP contribution is -2.39. The van der Waals surface area contributed by atoms with Crippen LogP contribution in [0, 0.1) is 6.92 Å². The molecule has 14 nitrogen and oxygen atoms in total. The minimum absolute atomic E-state index is 0. The molecular formula is C32H35ClN8O6. The highest BCUT2D eigenvalue weighted by atomic mass is 35.5. The van der Waals surface area contributed by atoms with Gasteiger partial charge < -0.3 is 31.5 Å². The quantitative estimate of drug-likeness (QED) is 0.168. The molecule has 1 atom stereocenters. The Morgan fingerprint density at radius 2 is 1.94 bits per heavy atom. The zero-order chi connectivity index (χ0) is 33.0. The van der Waals surface area contributed by atoms with Crippen LogP contribution in [0.1, 0.15) is 77.2 Å². The molecule has 2 aromatic heterocycles. The van der Waals surface area contributed by atoms with Crippen molar-refractivity contribution in [1.29, 1.82) is 0 Å². The zero-order valence-electron chi connectivity index (χ0n) is 25.6. The number of aromatic carboxylic acids is 1. The maximum atomic E-state index is 13.0. The number of hydrogen-bond donors (Lipinski definition) is 4. The molecule has 0 spiro atoms. The lowest BCUT2D eigenvalue weighted by atomic mass is 9.97. The third-order valence-corrected chi connectivity index (χ3v) is 8.08. The van der Waals surface area contributed by atoms with Crippen molar-refractivity contribution in [1.82, 2.24) is 29.8 Å². The molecule has 0 unspecified atom stereocenters. The molecule has 3 heterocycles. The maximum Gasteiger partial charge on any atom is 0.354 e. The number of nitrogens with one attached hydrogen (secondary N) is 1. The lowest BCUT2D eigenvalue weighted by molar-refractivity contribution is 0.0547. The number of rotatable bonds is 7. The Morgan fingerprint density at radius 3 is 2.64 bits per heavy atom. The van der Waals surface area contributed by atoms with Gasteiger partial charge in [0.2, 0.25) is 0 Å². The summed E-state index contributed by atoms with van der Waals surface area (Å²) >= 11 is 0. The van der Waals surface area contributed by atoms with Gasteiger partial charge in [0, 0.05) is 25.7 Å². The van der Waals surface area contributed by atoms with Crippen LogP contribution in [0.15, 0.2) is 55.4 Å². The summed E-state index contributed by atoms with van der Waals surface area (Å²) in [6, 6.07) is 10.2. The van der Waals surface area contributed by atoms with E-state index in [-0.39, 0.29) is 48.3 Å². The number of carbonyl (C=O) groups is 4. The third kappa shape index (κ3) is 7.39. The van der Waals surface area contributed by atoms with Gasteiger partial charge in [0.05, 0.1) is 11.6 Å². The molecule has 0 saturated heterocycles. The average Bonchev–Trinajstić information content (AvgIpc) is 3.70. The van der Waals surface area contributed by atoms with Gasteiger partial charge in [0.25, 0.3) is 11.7 Å². The van der Waals surface area contributed by atoms with Gasteiger partial charge in [-0.05, 0) is 65.6 Å². The van der Waals surface area contributed by atoms with Crippen LogP contribution >= 0.6 is 12.4 Å². The minimum Gasteiger partial charge on any atom is -0.477 e. The number of urea groups is 1. The Labute approximate surface area is 276 Å². The molecule has 15 heteroatoms. The monoisotopic (exact) mass is 662 g/mol. The SMILES string of the molecule is C=CCOC(=O)c1ccc2c(c1C)CC[C@@H]2NC(=O)c1cc(C(=O)O)nc2ncnn12.Cl.NCc1ccc2c(c1)CN(C(N)=O)CC2. The number of amides is 3. The molecule has 246 valence electrons. The molecule has 6 N–H and O–H groups in total. The van der Waals surface area contributed by atoms with Gasteiger partial charge in [-0.25, -0.2) is 19.4 Å². The minimum atomic E-state index is -1.27. The van der Waals surface area contributed by atoms with Crippen molar-refractivity contribution < 1.29 is 29.0 Å². The van der Waals surface area contributed by atoms with Gasteiger partial charge in [-0.1, -0.05) is 36.9 Å². The molecule has 1 aliphatic carbocycles. The second-order valence-corrected chi connectivity index (χ2v) is 10.9. The number of hydrogen-bond acceptors (Lipinski definition) is 9. The number of carbonyl (C=O) groups excluding carboxylic acids is 3. The van der Waals surface area contributed by atoms with E-state index in [1.54, 1.807) is 11.0 Å². The van der Waals surface area contributed by atoms with Crippen LogP contribution in [0.5, 0.6) is 0 Å². The molecular weight excluding hydrogens is 628 g/mol. The van der Waals surface area contributed by atoms with Crippen LogP contribution in [0.2, 0.25) is 0 Å². The number of carboxylic acids is 1. The first-order valence-corrected chi connectivity index (χ1v) is 14.6. The number of nitrogens with zero attached hydrogens (tertiary/aromatic N) is 5. The summed E-state index contributed by atoms with van der Waals surface area (Å²) in [6.07, 6.45) is 4.91. The fourth-order valence-electron chi connectivity index (χ4n) is 5.70. The van der Waals surface area contributed by atoms with E-state index in [0.717, 1.165) is 28.7 Å². The first kappa shape index (κ1) is 34.5. The van der Waals surface area contributed by atoms with Gasteiger partial charge in [-0.15, -0.1) is 12.4 Å². The lowest BCUT2D eigenvalue weighted by Gasteiger charge is -2.27. The Balaban J connectivity index is 0.000000262. The van der Waals surface area contributed by atoms with Crippen LogP contribution in [0.4, 0.5) is 4.79 Å². The molecule has 6 rings (SSSR count). The van der Waals surface area contributed by atoms with E-state index in [0.29, 0.717) is 38.0 Å². The third-order valence-electron chi connectivity index (χ3n) is 8.08. The van der Waals surface area contributed by atoms with Gasteiger partial charge >= 0.3 is 18.0 Å². The Kier molecular flexibility index (Phi) is 10.9. The van der Waals surface area contributed by atoms with E-state index >= 15 is 0 Å². The van der Waals surface area contributed by atoms with Crippen molar-refractivity contribution in [3.8, 4) is 0 Å². The van der Waals surface area contributed by atoms with Crippen LogP contribution < -0.4 is 16.8 Å². The van der Waals surface area contributed by atoms with Crippen molar-refractivity contribution >= 4 is 42.1 Å². The number of aromatic nitrogens is 4. The highest BCUT2D eigenvalue weighted by Gasteiger charge is 2.29. The van der Waals surface area contributed by atoms with Crippen LogP contribution in [-0.4, -0.2) is 66.6 Å². The fraction of sp³-hybridized carbons (Fsp3) is 0.281. The number of benzene rings is 2. The van der Waals surface area contributed by atoms with E-state index in [4.69, 9.17) is 16.2 Å². The number of ether oxygens (including phenoxy) is 1. The first-order chi connectivity index (χ1) is 22.1. The molecule has 2 aromatic carbocycles. The van der Waals surface area contributed by atoms with Crippen molar-refractivity contribution in [2.24, 2.45) is 11.5 Å². The predicted octanol–water partition coefficient (Wildman–Crippen LogP) is 2.89. The summed E-state index contributed by atoms with van der Waals surface area (Å²) in [5.41, 5.74) is 17.3. The molecule has 0 radical (unpaired) electrons. The maximum absolute atomic E-state index is 13.0. The van der Waals surface area contributed by atoms with E-state index < -0.39 is 17.8 Å². The Hall–Kier alpha value is -5.34. The predicted molar refractivity (Wildman–Crippen MR) is 173 cm³/mol. The molecule has 0 fully saturated rings. The largest absolute Gasteiger partial charge is 0.477 e. The van der Waals surface area contributed by atoms with Gasteiger partial charge in [-0.2, -0.15) is 14.6 Å². The summed E-state index contributed by atoms with van der Waals surface area (Å²) < 4.78 is 6.33. The smallest absolute Gasteiger partial charge is 0.354 e. The summed E-state index contributed by atoms with van der Waals surface area (Å²) in [4.78, 5) is 57.0. The van der Waals surface area contributed by atoms with E-state index in [1.165, 1.54) is 34.1 Å². The number of primary amides is 1. The summed E-state index contributed by atoms with van der Waals surface area (Å²) in [7, 11) is 0. The van der Waals surface area contributed by atoms with E-state index in [9.17, 15) is 24.3 Å². The highest BCUT2D eigenvalue weighted by Crippen LogP contribution is 2.35. The molecule has 4 aromatic rings. The van der Waals surface area contributed by atoms with Crippen LogP contribution in [-0.2, 0) is 30.7 Å². The number of esters is 1. The average molecular weight is 663 g/mol. The van der Waals surface area contributed by atoms with Crippen molar-refractivity contribution in [2.45, 2.75) is 45.3 Å². The number of nitrogens with two attached hydrogens (primary N) is 2. The van der Waals surface area contributed by atoms with Crippen molar-refractivity contribution in [2.75, 3.05) is 13.2 Å². The van der Waals surface area contributed by atoms with Gasteiger partial charge in [0.1, 0.15) is 18.6 Å². The van der Waals surface area contributed by atoms with Crippen LogP contribution in [0.3, 0.4) is 0 Å². The standard InChI is InChI=1S/C21H19N5O5.C11H15N3O.ClH/c1-3-8-31-20(30)13-4-5-14-12(11(13)2)6-7-15(14)24-18(27)17-9-16(19(28)29)25-21-22-10-23-26(17)21;12-6-8-1-2-9-3-4-14(11(13)15)7-10(9)5-8;/h3-5,9-10,15H,1,6-8H2,2H3,(H,24,27)(H,28,29);1-2,5H,3-4,6-7,12H2,(H2,13,15);1H/t15-;;/m0../s1. The highest BCUT2D eigenvalue weighted by molar-refractivity contribution is 5.96. The van der Waals surface area contributed by atoms with Gasteiger partial charge in [-0.3, -0.25) is 4.79 Å². The van der Waals surface area contributed by atoms with Crippen LogP contribution in [0.25, 0.3) is 5.78 Å². The molecule has 3 amide bonds. The Bertz CT molecular complexity index is 1860. The van der Waals surface area contributed by atoms with Gasteiger partial charge in [0.15, 0.2) is 5.69 Å². The van der Waals surface area contributed by atoms with Crippen molar-refractivity contribution in [3.63, 3.8) is 0 Å². The first-order valence-electron chi connectivity index (χ1n) is 14.6. The molecule has 2 aliphatic rings. The zero-order valence-corrected chi connectivity index (χ0v) is 26.5. The van der Waals surface area contributed by atoms with Crippen molar-refractivity contribution in [3.05, 3.63) is 106 Å². The normalized spacial score (nSPS) is 14.5. The second kappa shape index (κ2) is 14.8. The van der Waals surface area contributed by atoms with E-state index in [2.05, 4.69) is 39.1 Å². The molecule has 47 heavy (non-hydrogen) atoms. The number of fused-ring (bicyclic) bond motifs is 3. The number of halogens is 1. The topological polar surface area (TPSA) is 208 Å². The van der Waals surface area contributed by atoms with E-state index in [1.807, 2.05) is 19.1 Å². The Morgan fingerprint density at radius 1 is 1.15 bits per heavy atom. The molecule has 0 bridgehead atoms.